The second kappa shape index (κ2) is 5.76. The molecule has 0 saturated carbocycles. The molecule has 1 N–H and O–H groups in total. The molecule has 1 aromatic rings. The number of imide groups is 1. The molecule has 0 fully saturated rings. The Morgan fingerprint density at radius 1 is 1.23 bits per heavy atom. The summed E-state index contributed by atoms with van der Waals surface area (Å²) >= 11 is 1.56. The van der Waals surface area contributed by atoms with E-state index in [2.05, 4.69) is 24.2 Å². The van der Waals surface area contributed by atoms with Crippen LogP contribution in [0.1, 0.15) is 34.6 Å². The monoisotopic (exact) mass is 317 g/mol. The number of carbonyl (C=O) groups excluding carboxylic acids is 2. The molecular weight excluding hydrogens is 298 g/mol. The van der Waals surface area contributed by atoms with Crippen molar-refractivity contribution in [2.45, 2.75) is 13.8 Å². The maximum atomic E-state index is 12.2. The molecule has 0 saturated heterocycles. The molecule has 2 aliphatic rings. The molecule has 6 heteroatoms. The summed E-state index contributed by atoms with van der Waals surface area (Å²) < 4.78 is 0. The van der Waals surface area contributed by atoms with E-state index < -0.39 is 0 Å². The summed E-state index contributed by atoms with van der Waals surface area (Å²) in [4.78, 5) is 30.3. The summed E-state index contributed by atoms with van der Waals surface area (Å²) in [5.74, 6) is 0.263. The lowest BCUT2D eigenvalue weighted by atomic mass is 9.93. The molecule has 22 heavy (non-hydrogen) atoms. The van der Waals surface area contributed by atoms with E-state index in [1.165, 1.54) is 4.90 Å². The minimum absolute atomic E-state index is 0.187. The molecule has 0 aliphatic carbocycles. The van der Waals surface area contributed by atoms with Gasteiger partial charge in [0.25, 0.3) is 11.8 Å². The van der Waals surface area contributed by atoms with E-state index in [9.17, 15) is 9.59 Å². The third-order valence-electron chi connectivity index (χ3n) is 3.80. The Morgan fingerprint density at radius 2 is 1.86 bits per heavy atom. The van der Waals surface area contributed by atoms with E-state index in [-0.39, 0.29) is 17.2 Å². The molecule has 5 nitrogen and oxygen atoms in total. The Balaban J connectivity index is 1.57. The molecule has 2 aliphatic heterocycles. The summed E-state index contributed by atoms with van der Waals surface area (Å²) in [5.41, 5.74) is 1.20. The molecule has 0 aromatic heterocycles. The van der Waals surface area contributed by atoms with Gasteiger partial charge in [-0.2, -0.15) is 0 Å². The summed E-state index contributed by atoms with van der Waals surface area (Å²) in [5, 5.41) is 4.20. The number of amides is 2. The Morgan fingerprint density at radius 3 is 2.41 bits per heavy atom. The molecule has 0 spiro atoms. The normalized spacial score (nSPS) is 19.7. The maximum Gasteiger partial charge on any atom is 0.261 e. The third kappa shape index (κ3) is 2.88. The highest BCUT2D eigenvalue weighted by Gasteiger charge is 2.34. The number of benzene rings is 1. The van der Waals surface area contributed by atoms with Crippen molar-refractivity contribution in [3.05, 3.63) is 35.4 Å². The van der Waals surface area contributed by atoms with E-state index in [0.717, 1.165) is 18.3 Å². The molecule has 0 radical (unpaired) electrons. The smallest absolute Gasteiger partial charge is 0.261 e. The highest BCUT2D eigenvalue weighted by Crippen LogP contribution is 2.23. The highest BCUT2D eigenvalue weighted by molar-refractivity contribution is 8.13. The third-order valence-corrected chi connectivity index (χ3v) is 4.73. The molecule has 116 valence electrons. The van der Waals surface area contributed by atoms with Crippen LogP contribution in [0.5, 0.6) is 0 Å². The zero-order chi connectivity index (χ0) is 15.7. The number of hydrogen-bond donors (Lipinski definition) is 1. The van der Waals surface area contributed by atoms with Crippen LogP contribution in [0.3, 0.4) is 0 Å². The van der Waals surface area contributed by atoms with Crippen LogP contribution in [0.2, 0.25) is 0 Å². The molecule has 2 heterocycles. The quantitative estimate of drug-likeness (QED) is 0.866. The van der Waals surface area contributed by atoms with Crippen LogP contribution in [0.4, 0.5) is 0 Å². The van der Waals surface area contributed by atoms with E-state index in [4.69, 9.17) is 0 Å². The van der Waals surface area contributed by atoms with Crippen molar-refractivity contribution in [2.75, 3.05) is 25.4 Å². The van der Waals surface area contributed by atoms with Crippen molar-refractivity contribution >= 4 is 28.7 Å². The van der Waals surface area contributed by atoms with E-state index in [0.29, 0.717) is 23.4 Å². The second-order valence-corrected chi connectivity index (χ2v) is 7.38. The number of carbonyl (C=O) groups is 2. The van der Waals surface area contributed by atoms with Gasteiger partial charge in [0.2, 0.25) is 0 Å². The van der Waals surface area contributed by atoms with Gasteiger partial charge in [0, 0.05) is 30.8 Å². The fourth-order valence-electron chi connectivity index (χ4n) is 2.49. The number of fused-ring (bicyclic) bond motifs is 1. The van der Waals surface area contributed by atoms with Crippen molar-refractivity contribution in [3.63, 3.8) is 0 Å². The van der Waals surface area contributed by atoms with Crippen LogP contribution in [-0.4, -0.2) is 47.3 Å². The fraction of sp³-hybridized carbons (Fsp3) is 0.438. The van der Waals surface area contributed by atoms with Gasteiger partial charge in [-0.05, 0) is 12.1 Å². The maximum absolute atomic E-state index is 12.2. The van der Waals surface area contributed by atoms with Gasteiger partial charge >= 0.3 is 0 Å². The second-order valence-electron chi connectivity index (χ2n) is 6.30. The number of thioether (sulfide) groups is 1. The first-order valence-electron chi connectivity index (χ1n) is 7.34. The van der Waals surface area contributed by atoms with Gasteiger partial charge in [-0.1, -0.05) is 37.7 Å². The van der Waals surface area contributed by atoms with Gasteiger partial charge in [0.1, 0.15) is 0 Å². The molecule has 2 amide bonds. The summed E-state index contributed by atoms with van der Waals surface area (Å²) in [6, 6.07) is 6.98. The molecule has 0 bridgehead atoms. The van der Waals surface area contributed by atoms with Crippen LogP contribution < -0.4 is 5.32 Å². The summed E-state index contributed by atoms with van der Waals surface area (Å²) in [6.45, 7) is 6.44. The van der Waals surface area contributed by atoms with E-state index in [1.54, 1.807) is 36.0 Å². The number of rotatable bonds is 3. The van der Waals surface area contributed by atoms with Crippen LogP contribution in [0.15, 0.2) is 29.3 Å². The van der Waals surface area contributed by atoms with Gasteiger partial charge in [-0.3, -0.25) is 19.5 Å². The van der Waals surface area contributed by atoms with Crippen molar-refractivity contribution in [1.29, 1.82) is 0 Å². The number of nitrogens with one attached hydrogen (secondary N) is 1. The minimum Gasteiger partial charge on any atom is -0.364 e. The lowest BCUT2D eigenvalue weighted by molar-refractivity contribution is 0.0664. The van der Waals surface area contributed by atoms with Gasteiger partial charge < -0.3 is 5.32 Å². The number of hydrogen-bond acceptors (Lipinski definition) is 5. The fourth-order valence-corrected chi connectivity index (χ4v) is 3.28. The highest BCUT2D eigenvalue weighted by atomic mass is 32.2. The van der Waals surface area contributed by atoms with Gasteiger partial charge in [-0.25, -0.2) is 0 Å². The SMILES string of the molecule is CC1(C)CN=C(SCCN2C(=O)c3ccccc3C2=O)NC1. The average molecular weight is 317 g/mol. The first-order chi connectivity index (χ1) is 10.5. The van der Waals surface area contributed by atoms with Crippen LogP contribution in [-0.2, 0) is 0 Å². The predicted molar refractivity (Wildman–Crippen MR) is 88.4 cm³/mol. The topological polar surface area (TPSA) is 61.8 Å². The van der Waals surface area contributed by atoms with Crippen LogP contribution in [0.25, 0.3) is 0 Å². The van der Waals surface area contributed by atoms with E-state index >= 15 is 0 Å². The van der Waals surface area contributed by atoms with Gasteiger partial charge in [-0.15, -0.1) is 0 Å². The molecule has 0 unspecified atom stereocenters. The zero-order valence-corrected chi connectivity index (χ0v) is 13.6. The minimum atomic E-state index is -0.194. The van der Waals surface area contributed by atoms with Gasteiger partial charge in [0.05, 0.1) is 11.1 Å². The first-order valence-corrected chi connectivity index (χ1v) is 8.33. The Kier molecular flexibility index (Phi) is 3.95. The Hall–Kier alpha value is -1.82. The number of amidine groups is 1. The molecule has 1 aromatic carbocycles. The average Bonchev–Trinajstić information content (AvgIpc) is 2.74. The molecular formula is C16H19N3O2S. The lowest BCUT2D eigenvalue weighted by Crippen LogP contribution is -2.40. The molecule has 0 atom stereocenters. The number of aliphatic imine (C=N–C) groups is 1. The van der Waals surface area contributed by atoms with Gasteiger partial charge in [0.15, 0.2) is 5.17 Å². The Bertz CT molecular complexity index is 620. The Labute approximate surface area is 134 Å². The van der Waals surface area contributed by atoms with Crippen molar-refractivity contribution in [2.24, 2.45) is 10.4 Å². The summed E-state index contributed by atoms with van der Waals surface area (Å²) in [6.07, 6.45) is 0. The van der Waals surface area contributed by atoms with Crippen molar-refractivity contribution < 1.29 is 9.59 Å². The van der Waals surface area contributed by atoms with Crippen molar-refractivity contribution in [1.82, 2.24) is 10.2 Å². The predicted octanol–water partition coefficient (Wildman–Crippen LogP) is 2.00. The molecule has 3 rings (SSSR count). The number of nitrogens with zero attached hydrogens (tertiary/aromatic N) is 2. The first kappa shape index (κ1) is 15.1. The van der Waals surface area contributed by atoms with Crippen LogP contribution in [0, 0.1) is 5.41 Å². The zero-order valence-electron chi connectivity index (χ0n) is 12.8. The van der Waals surface area contributed by atoms with Crippen molar-refractivity contribution in [3.8, 4) is 0 Å². The largest absolute Gasteiger partial charge is 0.364 e. The summed E-state index contributed by atoms with van der Waals surface area (Å²) in [7, 11) is 0. The standard InChI is InChI=1S/C16H19N3O2S/c1-16(2)9-17-15(18-10-16)22-8-7-19-13(20)11-5-3-4-6-12(11)14(19)21/h3-6H,7-10H2,1-2H3,(H,17,18). The van der Waals surface area contributed by atoms with E-state index in [1.807, 2.05) is 0 Å². The lowest BCUT2D eigenvalue weighted by Gasteiger charge is -2.28. The van der Waals surface area contributed by atoms with Crippen LogP contribution >= 0.6 is 11.8 Å².